The van der Waals surface area contributed by atoms with E-state index in [2.05, 4.69) is 15.9 Å². The number of aliphatic hydroxyl groups is 1. The van der Waals surface area contributed by atoms with E-state index in [4.69, 9.17) is 5.11 Å². The second kappa shape index (κ2) is 4.37. The van der Waals surface area contributed by atoms with Gasteiger partial charge in [0.05, 0.1) is 4.92 Å². The van der Waals surface area contributed by atoms with Gasteiger partial charge in [-0.15, -0.1) is 0 Å². The van der Waals surface area contributed by atoms with Crippen LogP contribution in [0.15, 0.2) is 22.7 Å². The largest absolute Gasteiger partial charge is 0.479 e. The molecule has 0 heterocycles. The number of halogens is 1. The summed E-state index contributed by atoms with van der Waals surface area (Å²) < 4.78 is -0.0232. The molecule has 0 bridgehead atoms. The summed E-state index contributed by atoms with van der Waals surface area (Å²) in [6.45, 7) is 0. The van der Waals surface area contributed by atoms with Crippen LogP contribution in [0.25, 0.3) is 0 Å². The van der Waals surface area contributed by atoms with E-state index in [0.717, 1.165) is 0 Å². The number of aliphatic carboxylic acids is 1. The van der Waals surface area contributed by atoms with E-state index in [1.54, 1.807) is 0 Å². The molecule has 0 radical (unpaired) electrons. The summed E-state index contributed by atoms with van der Waals surface area (Å²) in [5.74, 6) is -1.46. The highest BCUT2D eigenvalue weighted by molar-refractivity contribution is 9.10. The van der Waals surface area contributed by atoms with E-state index in [0.29, 0.717) is 0 Å². The van der Waals surface area contributed by atoms with Crippen LogP contribution in [0, 0.1) is 10.1 Å². The minimum atomic E-state index is -1.78. The highest BCUT2D eigenvalue weighted by Gasteiger charge is 2.23. The van der Waals surface area contributed by atoms with Gasteiger partial charge in [0, 0.05) is 11.6 Å². The number of carboxylic acids is 1. The molecule has 0 saturated heterocycles. The van der Waals surface area contributed by atoms with Crippen molar-refractivity contribution < 1.29 is 19.9 Å². The van der Waals surface area contributed by atoms with Gasteiger partial charge in [0.25, 0.3) is 5.69 Å². The first kappa shape index (κ1) is 11.6. The zero-order chi connectivity index (χ0) is 11.6. The lowest BCUT2D eigenvalue weighted by atomic mass is 10.1. The molecule has 0 saturated carbocycles. The molecule has 7 heteroatoms. The average Bonchev–Trinajstić information content (AvgIpc) is 2.16. The predicted octanol–water partition coefficient (Wildman–Crippen LogP) is 1.48. The lowest BCUT2D eigenvalue weighted by Crippen LogP contribution is -2.11. The topological polar surface area (TPSA) is 101 Å². The van der Waals surface area contributed by atoms with Gasteiger partial charge in [-0.2, -0.15) is 0 Å². The third-order valence-electron chi connectivity index (χ3n) is 1.73. The van der Waals surface area contributed by atoms with Crippen LogP contribution in [-0.4, -0.2) is 21.1 Å². The number of hydrogen-bond donors (Lipinski definition) is 2. The summed E-state index contributed by atoms with van der Waals surface area (Å²) in [7, 11) is 0. The third-order valence-corrected chi connectivity index (χ3v) is 2.60. The number of carbonyl (C=O) groups is 1. The number of hydrogen-bond acceptors (Lipinski definition) is 4. The van der Waals surface area contributed by atoms with Gasteiger partial charge in [-0.3, -0.25) is 10.1 Å². The number of nitrogens with zero attached hydrogens (tertiary/aromatic N) is 1. The zero-order valence-corrected chi connectivity index (χ0v) is 8.84. The van der Waals surface area contributed by atoms with Crippen molar-refractivity contribution in [3.63, 3.8) is 0 Å². The summed E-state index contributed by atoms with van der Waals surface area (Å²) in [6.07, 6.45) is -1.78. The molecule has 1 aromatic carbocycles. The molecule has 0 aliphatic carbocycles. The first-order chi connectivity index (χ1) is 6.95. The fourth-order valence-corrected chi connectivity index (χ4v) is 1.65. The van der Waals surface area contributed by atoms with E-state index in [1.807, 2.05) is 0 Å². The molecule has 6 nitrogen and oxygen atoms in total. The Morgan fingerprint density at radius 3 is 2.60 bits per heavy atom. The maximum absolute atomic E-state index is 10.5. The fraction of sp³-hybridized carbons (Fsp3) is 0.125. The number of carboxylic acid groups (broad SMARTS) is 1. The zero-order valence-electron chi connectivity index (χ0n) is 7.25. The number of nitro groups is 1. The average molecular weight is 276 g/mol. The van der Waals surface area contributed by atoms with Crippen molar-refractivity contribution in [1.82, 2.24) is 0 Å². The van der Waals surface area contributed by atoms with Crippen LogP contribution in [0.2, 0.25) is 0 Å². The molecule has 80 valence electrons. The maximum atomic E-state index is 10.5. The Kier molecular flexibility index (Phi) is 3.38. The van der Waals surface area contributed by atoms with Crippen molar-refractivity contribution in [3.05, 3.63) is 38.3 Å². The number of rotatable bonds is 3. The molecule has 0 amide bonds. The smallest absolute Gasteiger partial charge is 0.337 e. The maximum Gasteiger partial charge on any atom is 0.337 e. The molecule has 1 atom stereocenters. The normalized spacial score (nSPS) is 12.1. The SMILES string of the molecule is O=C(O)C(O)c1cccc([N+](=O)[O-])c1Br. The second-order valence-electron chi connectivity index (χ2n) is 2.68. The van der Waals surface area contributed by atoms with Gasteiger partial charge in [0.2, 0.25) is 0 Å². The Morgan fingerprint density at radius 1 is 1.53 bits per heavy atom. The van der Waals surface area contributed by atoms with Gasteiger partial charge >= 0.3 is 5.97 Å². The molecular weight excluding hydrogens is 270 g/mol. The van der Waals surface area contributed by atoms with Crippen molar-refractivity contribution in [2.45, 2.75) is 6.10 Å². The third kappa shape index (κ3) is 2.31. The minimum absolute atomic E-state index is 0.0232. The Bertz CT molecular complexity index is 419. The Hall–Kier alpha value is -1.47. The molecule has 0 fully saturated rings. The van der Waals surface area contributed by atoms with Gasteiger partial charge in [-0.05, 0) is 15.9 Å². The van der Waals surface area contributed by atoms with Crippen molar-refractivity contribution in [2.75, 3.05) is 0 Å². The summed E-state index contributed by atoms with van der Waals surface area (Å²) in [6, 6.07) is 3.82. The van der Waals surface area contributed by atoms with Crippen molar-refractivity contribution >= 4 is 27.6 Å². The van der Waals surface area contributed by atoms with E-state index < -0.39 is 17.0 Å². The lowest BCUT2D eigenvalue weighted by Gasteiger charge is -2.07. The van der Waals surface area contributed by atoms with Gasteiger partial charge in [0.1, 0.15) is 4.47 Å². The first-order valence-corrected chi connectivity index (χ1v) is 4.58. The minimum Gasteiger partial charge on any atom is -0.479 e. The molecule has 0 aromatic heterocycles. The molecule has 0 aliphatic heterocycles. The first-order valence-electron chi connectivity index (χ1n) is 3.79. The lowest BCUT2D eigenvalue weighted by molar-refractivity contribution is -0.385. The predicted molar refractivity (Wildman–Crippen MR) is 53.4 cm³/mol. The van der Waals surface area contributed by atoms with Crippen LogP contribution in [-0.2, 0) is 4.79 Å². The van der Waals surface area contributed by atoms with Crippen LogP contribution in [0.1, 0.15) is 11.7 Å². The summed E-state index contributed by atoms with van der Waals surface area (Å²) >= 11 is 2.89. The summed E-state index contributed by atoms with van der Waals surface area (Å²) in [5, 5.41) is 28.3. The molecule has 1 aromatic rings. The van der Waals surface area contributed by atoms with Crippen molar-refractivity contribution in [1.29, 1.82) is 0 Å². The Labute approximate surface area is 92.4 Å². The van der Waals surface area contributed by atoms with E-state index in [9.17, 15) is 20.0 Å². The van der Waals surface area contributed by atoms with Crippen LogP contribution >= 0.6 is 15.9 Å². The molecule has 0 aliphatic rings. The number of aliphatic hydroxyl groups excluding tert-OH is 1. The quantitative estimate of drug-likeness (QED) is 0.643. The molecular formula is C8H6BrNO5. The van der Waals surface area contributed by atoms with Crippen LogP contribution in [0.3, 0.4) is 0 Å². The Morgan fingerprint density at radius 2 is 2.13 bits per heavy atom. The Balaban J connectivity index is 3.26. The van der Waals surface area contributed by atoms with Gasteiger partial charge in [-0.25, -0.2) is 4.79 Å². The van der Waals surface area contributed by atoms with E-state index in [1.165, 1.54) is 18.2 Å². The van der Waals surface area contributed by atoms with E-state index >= 15 is 0 Å². The van der Waals surface area contributed by atoms with Gasteiger partial charge < -0.3 is 10.2 Å². The van der Waals surface area contributed by atoms with E-state index in [-0.39, 0.29) is 15.7 Å². The van der Waals surface area contributed by atoms with Crippen molar-refractivity contribution in [2.24, 2.45) is 0 Å². The molecule has 0 spiro atoms. The highest BCUT2D eigenvalue weighted by Crippen LogP contribution is 2.31. The number of benzene rings is 1. The monoisotopic (exact) mass is 275 g/mol. The fourth-order valence-electron chi connectivity index (χ4n) is 1.02. The summed E-state index contributed by atoms with van der Waals surface area (Å²) in [4.78, 5) is 20.3. The highest BCUT2D eigenvalue weighted by atomic mass is 79.9. The van der Waals surface area contributed by atoms with Crippen molar-refractivity contribution in [3.8, 4) is 0 Å². The molecule has 2 N–H and O–H groups in total. The molecule has 15 heavy (non-hydrogen) atoms. The van der Waals surface area contributed by atoms with Gasteiger partial charge in [-0.1, -0.05) is 12.1 Å². The van der Waals surface area contributed by atoms with Crippen LogP contribution in [0.4, 0.5) is 5.69 Å². The second-order valence-corrected chi connectivity index (χ2v) is 3.47. The van der Waals surface area contributed by atoms with Gasteiger partial charge in [0.15, 0.2) is 6.10 Å². The molecule has 1 unspecified atom stereocenters. The summed E-state index contributed by atoms with van der Waals surface area (Å²) in [5.41, 5.74) is -0.329. The molecule has 1 rings (SSSR count). The van der Waals surface area contributed by atoms with Crippen LogP contribution < -0.4 is 0 Å². The number of nitro benzene ring substituents is 1. The van der Waals surface area contributed by atoms with Crippen LogP contribution in [0.5, 0.6) is 0 Å². The standard InChI is InChI=1S/C8H6BrNO5/c9-6-4(7(11)8(12)13)2-1-3-5(6)10(14)15/h1-3,7,11H,(H,12,13).